The van der Waals surface area contributed by atoms with Gasteiger partial charge >= 0.3 is 0 Å². The van der Waals surface area contributed by atoms with Crippen LogP contribution in [-0.2, 0) is 10.0 Å². The van der Waals surface area contributed by atoms with Gasteiger partial charge in [-0.2, -0.15) is 0 Å². The Labute approximate surface area is 76.5 Å². The monoisotopic (exact) mass is 196 g/mol. The molecule has 4 nitrogen and oxygen atoms in total. The predicted molar refractivity (Wildman–Crippen MR) is 47.4 cm³/mol. The molecule has 0 saturated carbocycles. The summed E-state index contributed by atoms with van der Waals surface area (Å²) in [4.78, 5) is 0.271. The molecule has 1 aromatic carbocycles. The van der Waals surface area contributed by atoms with Crippen LogP contribution in [-0.4, -0.2) is 26.7 Å². The minimum atomic E-state index is -3.47. The summed E-state index contributed by atoms with van der Waals surface area (Å²) in [6.07, 6.45) is 1.68. The van der Waals surface area contributed by atoms with Crippen LogP contribution in [0.2, 0.25) is 0 Å². The second-order valence-electron chi connectivity index (χ2n) is 2.80. The quantitative estimate of drug-likeness (QED) is 0.571. The van der Waals surface area contributed by atoms with Crippen molar-refractivity contribution in [2.24, 2.45) is 4.47 Å². The van der Waals surface area contributed by atoms with Crippen molar-refractivity contribution in [3.05, 3.63) is 29.8 Å². The van der Waals surface area contributed by atoms with E-state index in [0.717, 1.165) is 0 Å². The summed E-state index contributed by atoms with van der Waals surface area (Å²) in [6, 6.07) is 6.78. The lowest BCUT2D eigenvalue weighted by molar-refractivity contribution is -0.495. The molecule has 1 unspecified atom stereocenters. The highest BCUT2D eigenvalue weighted by molar-refractivity contribution is 7.88. The first kappa shape index (κ1) is 8.40. The molecular formula is C8H8N2O2S. The molecular weight excluding hydrogens is 188 g/mol. The summed E-state index contributed by atoms with van der Waals surface area (Å²) in [5.74, 6) is 0. The van der Waals surface area contributed by atoms with Crippen LogP contribution in [0, 0.1) is 0 Å². The molecule has 0 aliphatic carbocycles. The van der Waals surface area contributed by atoms with Crippen molar-refractivity contribution in [1.82, 2.24) is 0 Å². The van der Waals surface area contributed by atoms with E-state index < -0.39 is 10.0 Å². The molecule has 0 radical (unpaired) electrons. The number of nitrogens with zero attached hydrogens (tertiary/aromatic N) is 2. The van der Waals surface area contributed by atoms with Crippen molar-refractivity contribution in [1.29, 1.82) is 0 Å². The van der Waals surface area contributed by atoms with Gasteiger partial charge < -0.3 is 4.55 Å². The van der Waals surface area contributed by atoms with Crippen LogP contribution in [0.15, 0.2) is 33.6 Å². The van der Waals surface area contributed by atoms with Crippen molar-refractivity contribution < 1.29 is 13.4 Å². The average Bonchev–Trinajstić information content (AvgIpc) is 2.02. The summed E-state index contributed by atoms with van der Waals surface area (Å²) in [7, 11) is -1.88. The zero-order chi connectivity index (χ0) is 9.47. The van der Waals surface area contributed by atoms with Crippen LogP contribution in [0.5, 0.6) is 0 Å². The van der Waals surface area contributed by atoms with Gasteiger partial charge in [-0.1, -0.05) is 16.8 Å². The number of fused-ring (bicyclic) bond motifs is 1. The number of hydrogen-bond acceptors (Lipinski definition) is 3. The molecule has 1 aliphatic heterocycles. The second kappa shape index (κ2) is 2.65. The molecule has 0 N–H and O–H groups in total. The second-order valence-corrected chi connectivity index (χ2v) is 4.35. The maximum absolute atomic E-state index is 11.5. The molecule has 1 aliphatic rings. The van der Waals surface area contributed by atoms with E-state index in [-0.39, 0.29) is 4.90 Å². The van der Waals surface area contributed by atoms with Crippen LogP contribution in [0.3, 0.4) is 0 Å². The predicted octanol–water partition coefficient (Wildman–Crippen LogP) is 0.634. The Bertz CT molecular complexity index is 499. The first-order valence-electron chi connectivity index (χ1n) is 3.74. The van der Waals surface area contributed by atoms with E-state index in [1.54, 1.807) is 37.5 Å². The van der Waals surface area contributed by atoms with Gasteiger partial charge in [0.15, 0.2) is 7.05 Å². The Balaban J connectivity index is 2.83. The number of hydrogen-bond donors (Lipinski definition) is 0. The fraction of sp³-hybridized carbons (Fsp3) is 0.125. The smallest absolute Gasteiger partial charge is 0.205 e. The molecule has 0 saturated heterocycles. The topological polar surface area (TPSA) is 55.5 Å². The van der Waals surface area contributed by atoms with Crippen molar-refractivity contribution in [3.8, 4) is 0 Å². The lowest BCUT2D eigenvalue weighted by Crippen LogP contribution is -2.15. The first-order valence-corrected chi connectivity index (χ1v) is 5.18. The zero-order valence-corrected chi connectivity index (χ0v) is 7.82. The molecule has 0 amide bonds. The summed E-state index contributed by atoms with van der Waals surface area (Å²) in [6.45, 7) is 0. The fourth-order valence-corrected chi connectivity index (χ4v) is 2.40. The Kier molecular flexibility index (Phi) is 1.71. The minimum absolute atomic E-state index is 0.271. The molecule has 0 fully saturated rings. The molecule has 2 rings (SSSR count). The van der Waals surface area contributed by atoms with Gasteiger partial charge in [0.05, 0.1) is 20.5 Å². The van der Waals surface area contributed by atoms with E-state index >= 15 is 0 Å². The maximum Gasteiger partial charge on any atom is 0.205 e. The Hall–Kier alpha value is -1.20. The van der Waals surface area contributed by atoms with E-state index in [2.05, 4.69) is 4.47 Å². The number of rotatable bonds is 0. The van der Waals surface area contributed by atoms with Gasteiger partial charge in [-0.25, -0.2) is 0 Å². The van der Waals surface area contributed by atoms with Gasteiger partial charge in [-0.15, -0.1) is 0 Å². The highest BCUT2D eigenvalue weighted by Crippen LogP contribution is 2.17. The van der Waals surface area contributed by atoms with Gasteiger partial charge in [0.1, 0.15) is 0 Å². The molecule has 5 heteroatoms. The molecule has 68 valence electrons. The standard InChI is InChI=1S/C8H8N2O2S/c1-10-6-7-4-2-3-5-8(7)13(11,12)9-10/h2-6H,1H3. The normalized spacial score (nSPS) is 25.8. The molecule has 0 aromatic heterocycles. The highest BCUT2D eigenvalue weighted by atomic mass is 32.2. The summed E-state index contributed by atoms with van der Waals surface area (Å²) >= 11 is 0. The third-order valence-electron chi connectivity index (χ3n) is 1.76. The Morgan fingerprint density at radius 3 is 2.92 bits per heavy atom. The molecule has 0 spiro atoms. The third kappa shape index (κ3) is 1.36. The van der Waals surface area contributed by atoms with Gasteiger partial charge in [-0.05, 0) is 12.1 Å². The van der Waals surface area contributed by atoms with E-state index in [1.165, 1.54) is 4.68 Å². The van der Waals surface area contributed by atoms with Crippen molar-refractivity contribution in [2.45, 2.75) is 4.90 Å². The highest BCUT2D eigenvalue weighted by Gasteiger charge is 2.15. The maximum atomic E-state index is 11.5. The molecule has 1 heterocycles. The average molecular weight is 196 g/mol. The van der Waals surface area contributed by atoms with Crippen LogP contribution >= 0.6 is 0 Å². The molecule has 1 atom stereocenters. The lowest BCUT2D eigenvalue weighted by Gasteiger charge is -2.15. The van der Waals surface area contributed by atoms with Crippen molar-refractivity contribution >= 4 is 16.2 Å². The van der Waals surface area contributed by atoms with E-state index in [4.69, 9.17) is 0 Å². The van der Waals surface area contributed by atoms with E-state index in [9.17, 15) is 8.76 Å². The summed E-state index contributed by atoms with van der Waals surface area (Å²) in [5.41, 5.74) is 0.681. The lowest BCUT2D eigenvalue weighted by atomic mass is 10.2. The first-order chi connectivity index (χ1) is 6.09. The SMILES string of the molecule is C[N+]1=Cc2ccccc2S(=O)([O-])=N1. The van der Waals surface area contributed by atoms with Crippen LogP contribution in [0.4, 0.5) is 0 Å². The van der Waals surface area contributed by atoms with E-state index in [1.807, 2.05) is 0 Å². The Morgan fingerprint density at radius 1 is 1.46 bits per heavy atom. The Morgan fingerprint density at radius 2 is 2.15 bits per heavy atom. The fourth-order valence-electron chi connectivity index (χ4n) is 1.26. The molecule has 1 aromatic rings. The van der Waals surface area contributed by atoms with Gasteiger partial charge in [-0.3, -0.25) is 4.21 Å². The van der Waals surface area contributed by atoms with Crippen LogP contribution in [0.25, 0.3) is 0 Å². The van der Waals surface area contributed by atoms with Gasteiger partial charge in [0, 0.05) is 4.47 Å². The number of benzene rings is 1. The van der Waals surface area contributed by atoms with Crippen molar-refractivity contribution in [2.75, 3.05) is 7.05 Å². The summed E-state index contributed by atoms with van der Waals surface area (Å²) in [5, 5.41) is 0. The van der Waals surface area contributed by atoms with Crippen LogP contribution in [0.1, 0.15) is 5.56 Å². The van der Waals surface area contributed by atoms with Crippen LogP contribution < -0.4 is 0 Å². The third-order valence-corrected chi connectivity index (χ3v) is 3.16. The summed E-state index contributed by atoms with van der Waals surface area (Å²) < 4.78 is 27.7. The van der Waals surface area contributed by atoms with Gasteiger partial charge in [0.2, 0.25) is 6.21 Å². The van der Waals surface area contributed by atoms with E-state index in [0.29, 0.717) is 5.56 Å². The largest absolute Gasteiger partial charge is 0.756 e. The van der Waals surface area contributed by atoms with Gasteiger partial charge in [0.25, 0.3) is 0 Å². The minimum Gasteiger partial charge on any atom is -0.756 e. The van der Waals surface area contributed by atoms with Crippen molar-refractivity contribution in [3.63, 3.8) is 0 Å². The molecule has 13 heavy (non-hydrogen) atoms. The molecule has 0 bridgehead atoms. The zero-order valence-electron chi connectivity index (χ0n) is 7.01.